The van der Waals surface area contributed by atoms with Crippen molar-refractivity contribution in [2.75, 3.05) is 23.0 Å². The Hall–Kier alpha value is -5.13. The van der Waals surface area contributed by atoms with E-state index >= 15 is 0 Å². The number of aromatic amines is 1. The summed E-state index contributed by atoms with van der Waals surface area (Å²) in [6.07, 6.45) is 1.46. The Morgan fingerprint density at radius 1 is 0.975 bits per heavy atom. The van der Waals surface area contributed by atoms with Gasteiger partial charge in [0.25, 0.3) is 11.8 Å². The third-order valence-corrected chi connectivity index (χ3v) is 6.34. The summed E-state index contributed by atoms with van der Waals surface area (Å²) in [4.78, 5) is 37.6. The number of halogens is 3. The smallest absolute Gasteiger partial charge is 0.387 e. The molecule has 0 saturated carbocycles. The van der Waals surface area contributed by atoms with Crippen LogP contribution in [-0.4, -0.2) is 38.4 Å². The van der Waals surface area contributed by atoms with Gasteiger partial charge in [-0.05, 0) is 55.8 Å². The summed E-state index contributed by atoms with van der Waals surface area (Å²) in [5, 5.41) is 9.25. The van der Waals surface area contributed by atoms with Crippen molar-refractivity contribution in [3.63, 3.8) is 0 Å². The number of hydrogen-bond acceptors (Lipinski definition) is 5. The number of aromatic nitrogens is 4. The number of nitrogens with one attached hydrogen (secondary N) is 4. The molecule has 0 atom stereocenters. The van der Waals surface area contributed by atoms with Gasteiger partial charge in [0.15, 0.2) is 0 Å². The van der Waals surface area contributed by atoms with Gasteiger partial charge in [0, 0.05) is 53.7 Å². The van der Waals surface area contributed by atoms with Crippen molar-refractivity contribution < 1.29 is 22.8 Å². The molecule has 3 aromatic heterocycles. The minimum Gasteiger partial charge on any atom is -0.387 e. The van der Waals surface area contributed by atoms with Crippen LogP contribution in [0.15, 0.2) is 67.4 Å². The van der Waals surface area contributed by atoms with Crippen LogP contribution in [0.5, 0.6) is 0 Å². The van der Waals surface area contributed by atoms with Crippen LogP contribution in [0.2, 0.25) is 0 Å². The normalized spacial score (nSPS) is 11.4. The number of carbonyl (C=O) groups is 2. The molecule has 0 aliphatic rings. The molecule has 0 aliphatic carbocycles. The van der Waals surface area contributed by atoms with Crippen molar-refractivity contribution >= 4 is 39.9 Å². The van der Waals surface area contributed by atoms with Crippen molar-refractivity contribution in [1.29, 1.82) is 0 Å². The number of anilines is 3. The fourth-order valence-electron chi connectivity index (χ4n) is 4.29. The lowest BCUT2D eigenvalue weighted by molar-refractivity contribution is -0.137. The highest BCUT2D eigenvalue weighted by Gasteiger charge is 2.32. The van der Waals surface area contributed by atoms with E-state index in [1.54, 1.807) is 57.6 Å². The van der Waals surface area contributed by atoms with Gasteiger partial charge in [-0.25, -0.2) is 9.97 Å². The number of alkyl halides is 3. The molecule has 5 aromatic rings. The van der Waals surface area contributed by atoms with Crippen LogP contribution >= 0.6 is 0 Å². The molecule has 40 heavy (non-hydrogen) atoms. The van der Waals surface area contributed by atoms with Gasteiger partial charge < -0.3 is 25.5 Å². The van der Waals surface area contributed by atoms with Crippen LogP contribution in [0.1, 0.15) is 37.5 Å². The number of amides is 2. The quantitative estimate of drug-likeness (QED) is 0.210. The van der Waals surface area contributed by atoms with E-state index in [-0.39, 0.29) is 16.9 Å². The summed E-state index contributed by atoms with van der Waals surface area (Å²) < 4.78 is 42.3. The van der Waals surface area contributed by atoms with Crippen LogP contribution in [0.25, 0.3) is 16.7 Å². The van der Waals surface area contributed by atoms with E-state index in [0.29, 0.717) is 33.8 Å². The fraction of sp³-hybridized carbons (Fsp3) is 0.143. The molecule has 2 amide bonds. The Balaban J connectivity index is 1.42. The van der Waals surface area contributed by atoms with Gasteiger partial charge >= 0.3 is 6.18 Å². The van der Waals surface area contributed by atoms with Gasteiger partial charge in [-0.1, -0.05) is 6.07 Å². The zero-order chi connectivity index (χ0) is 28.6. The summed E-state index contributed by atoms with van der Waals surface area (Å²) in [6, 6.07) is 9.73. The predicted octanol–water partition coefficient (Wildman–Crippen LogP) is 5.93. The van der Waals surface area contributed by atoms with Crippen LogP contribution in [0, 0.1) is 13.8 Å². The number of carbonyl (C=O) groups excluding carboxylic acids is 2. The van der Waals surface area contributed by atoms with Gasteiger partial charge in [-0.2, -0.15) is 13.2 Å². The average molecular weight is 548 g/mol. The molecule has 12 heteroatoms. The maximum absolute atomic E-state index is 13.6. The third kappa shape index (κ3) is 5.23. The summed E-state index contributed by atoms with van der Waals surface area (Å²) >= 11 is 0. The van der Waals surface area contributed by atoms with Crippen LogP contribution < -0.4 is 16.0 Å². The van der Waals surface area contributed by atoms with E-state index in [9.17, 15) is 22.8 Å². The number of imidazole rings is 1. The summed E-state index contributed by atoms with van der Waals surface area (Å²) in [6.45, 7) is 3.49. The minimum atomic E-state index is -4.66. The van der Waals surface area contributed by atoms with E-state index in [1.807, 2.05) is 0 Å². The largest absolute Gasteiger partial charge is 0.416 e. The molecule has 0 spiro atoms. The van der Waals surface area contributed by atoms with Crippen molar-refractivity contribution in [1.82, 2.24) is 19.5 Å². The molecular weight excluding hydrogens is 523 g/mol. The first-order chi connectivity index (χ1) is 19.0. The second kappa shape index (κ2) is 10.2. The molecule has 5 rings (SSSR count). The number of aryl methyl sites for hydroxylation is 2. The highest BCUT2D eigenvalue weighted by atomic mass is 19.4. The Morgan fingerprint density at radius 3 is 2.48 bits per heavy atom. The Kier molecular flexibility index (Phi) is 6.76. The van der Waals surface area contributed by atoms with Crippen LogP contribution in [-0.2, 0) is 6.18 Å². The lowest BCUT2D eigenvalue weighted by Crippen LogP contribution is -2.17. The molecule has 3 heterocycles. The summed E-state index contributed by atoms with van der Waals surface area (Å²) in [5.41, 5.74) is 2.56. The zero-order valence-electron chi connectivity index (χ0n) is 21.6. The molecule has 0 radical (unpaired) electrons. The van der Waals surface area contributed by atoms with Crippen LogP contribution in [0.4, 0.5) is 30.2 Å². The summed E-state index contributed by atoms with van der Waals surface area (Å²) in [5.74, 6) is -1.17. The number of hydrogen-bond donors (Lipinski definition) is 4. The van der Waals surface area contributed by atoms with Gasteiger partial charge in [0.2, 0.25) is 0 Å². The van der Waals surface area contributed by atoms with Gasteiger partial charge in [0.05, 0.1) is 28.8 Å². The fourth-order valence-corrected chi connectivity index (χ4v) is 4.29. The number of nitrogens with zero attached hydrogens (tertiary/aromatic N) is 3. The first-order valence-corrected chi connectivity index (χ1v) is 12.1. The SMILES string of the molecule is CNc1c(C(=O)Nc2cc(NC(=O)c3cc(-n4cnc(C)c4)cc(C(F)(F)F)c3)ccc2C)cnc2[nH]ccc12. The molecule has 2 aromatic carbocycles. The molecule has 0 unspecified atom stereocenters. The zero-order valence-corrected chi connectivity index (χ0v) is 21.6. The Morgan fingerprint density at radius 2 is 1.77 bits per heavy atom. The Bertz CT molecular complexity index is 1750. The van der Waals surface area contributed by atoms with Crippen molar-refractivity contribution in [2.45, 2.75) is 20.0 Å². The lowest BCUT2D eigenvalue weighted by atomic mass is 10.1. The third-order valence-electron chi connectivity index (χ3n) is 6.34. The number of fused-ring (bicyclic) bond motifs is 1. The van der Waals surface area contributed by atoms with Crippen molar-refractivity contribution in [3.05, 3.63) is 95.3 Å². The molecule has 0 saturated heterocycles. The molecule has 0 fully saturated rings. The van der Waals surface area contributed by atoms with Gasteiger partial charge in [0.1, 0.15) is 5.65 Å². The highest BCUT2D eigenvalue weighted by Crippen LogP contribution is 2.32. The van der Waals surface area contributed by atoms with Crippen molar-refractivity contribution in [3.8, 4) is 5.69 Å². The monoisotopic (exact) mass is 547 g/mol. The lowest BCUT2D eigenvalue weighted by Gasteiger charge is -2.15. The molecule has 9 nitrogen and oxygen atoms in total. The van der Waals surface area contributed by atoms with E-state index in [1.165, 1.54) is 23.2 Å². The first kappa shape index (κ1) is 26.5. The first-order valence-electron chi connectivity index (χ1n) is 12.1. The number of H-pyrrole nitrogens is 1. The van der Waals surface area contributed by atoms with Crippen LogP contribution in [0.3, 0.4) is 0 Å². The van der Waals surface area contributed by atoms with E-state index < -0.39 is 23.6 Å². The van der Waals surface area contributed by atoms with Gasteiger partial charge in [-0.15, -0.1) is 0 Å². The highest BCUT2D eigenvalue weighted by molar-refractivity contribution is 6.12. The van der Waals surface area contributed by atoms with Crippen molar-refractivity contribution in [2.24, 2.45) is 0 Å². The van der Waals surface area contributed by atoms with Gasteiger partial charge in [-0.3, -0.25) is 9.59 Å². The number of pyridine rings is 1. The molecule has 0 aliphatic heterocycles. The topological polar surface area (TPSA) is 117 Å². The predicted molar refractivity (Wildman–Crippen MR) is 146 cm³/mol. The van der Waals surface area contributed by atoms with E-state index in [2.05, 4.69) is 30.9 Å². The van der Waals surface area contributed by atoms with E-state index in [0.717, 1.165) is 17.5 Å². The number of benzene rings is 2. The summed E-state index contributed by atoms with van der Waals surface area (Å²) in [7, 11) is 1.70. The molecule has 4 N–H and O–H groups in total. The standard InChI is InChI=1S/C28H24F3N7O2/c1-15-4-5-19(11-23(15)37-27(40)22-12-34-25-21(6-7-33-25)24(22)32-3)36-26(39)17-8-18(28(29,30)31)10-20(9-17)38-13-16(2)35-14-38/h4-14H,1-3H3,(H,36,39)(H,37,40)(H2,32,33,34). The Labute approximate surface area is 226 Å². The second-order valence-corrected chi connectivity index (χ2v) is 9.16. The van der Waals surface area contributed by atoms with E-state index in [4.69, 9.17) is 0 Å². The average Bonchev–Trinajstić information content (AvgIpc) is 3.58. The minimum absolute atomic E-state index is 0.144. The molecule has 204 valence electrons. The second-order valence-electron chi connectivity index (χ2n) is 9.16. The molecule has 0 bridgehead atoms. The number of rotatable bonds is 6. The molecular formula is C28H24F3N7O2. The maximum atomic E-state index is 13.6. The maximum Gasteiger partial charge on any atom is 0.416 e.